The number of allylic oxidation sites excluding steroid dienone is 2. The highest BCUT2D eigenvalue weighted by molar-refractivity contribution is 5.97. The number of hydrogen-bond donors (Lipinski definition) is 3. The molecule has 0 atom stereocenters. The van der Waals surface area contributed by atoms with Crippen LogP contribution >= 0.6 is 0 Å². The molecule has 10 nitrogen and oxygen atoms in total. The van der Waals surface area contributed by atoms with E-state index in [-0.39, 0.29) is 35.1 Å². The number of aldehydes is 1. The van der Waals surface area contributed by atoms with Crippen molar-refractivity contribution >= 4 is 18.0 Å². The first-order chi connectivity index (χ1) is 14.8. The Labute approximate surface area is 177 Å². The van der Waals surface area contributed by atoms with Crippen LogP contribution in [0.25, 0.3) is 0 Å². The second kappa shape index (κ2) is 9.04. The highest BCUT2D eigenvalue weighted by Gasteiger charge is 2.21. The van der Waals surface area contributed by atoms with Crippen LogP contribution < -0.4 is 16.6 Å². The molecule has 4 N–H and O–H groups in total. The van der Waals surface area contributed by atoms with E-state index in [1.165, 1.54) is 6.92 Å². The first kappa shape index (κ1) is 21.4. The molecule has 1 aromatic heterocycles. The number of amides is 1. The number of rotatable bonds is 6. The van der Waals surface area contributed by atoms with Crippen LogP contribution in [0.5, 0.6) is 0 Å². The van der Waals surface area contributed by atoms with Crippen molar-refractivity contribution in [3.63, 3.8) is 0 Å². The number of benzene rings is 1. The van der Waals surface area contributed by atoms with Gasteiger partial charge in [-0.2, -0.15) is 5.26 Å². The number of H-pyrrole nitrogens is 1. The molecule has 0 saturated heterocycles. The molecule has 0 saturated carbocycles. The predicted molar refractivity (Wildman–Crippen MR) is 109 cm³/mol. The Hall–Kier alpha value is -4.26. The first-order valence-corrected chi connectivity index (χ1v) is 9.43. The second-order valence-corrected chi connectivity index (χ2v) is 7.02. The third-order valence-corrected chi connectivity index (χ3v) is 4.98. The number of nitriles is 1. The zero-order valence-corrected chi connectivity index (χ0v) is 16.8. The van der Waals surface area contributed by atoms with Gasteiger partial charge in [0, 0.05) is 26.6 Å². The van der Waals surface area contributed by atoms with Crippen molar-refractivity contribution in [2.45, 2.75) is 26.4 Å². The van der Waals surface area contributed by atoms with Crippen LogP contribution in [-0.4, -0.2) is 39.4 Å². The van der Waals surface area contributed by atoms with Gasteiger partial charge in [-0.1, -0.05) is 18.2 Å². The lowest BCUT2D eigenvalue weighted by atomic mass is 9.96. The fraction of sp³-hybridized carbons (Fsp3) is 0.238. The minimum atomic E-state index is -0.680. The van der Waals surface area contributed by atoms with Gasteiger partial charge >= 0.3 is 0 Å². The number of aromatic nitrogens is 2. The van der Waals surface area contributed by atoms with E-state index in [1.807, 2.05) is 18.2 Å². The lowest BCUT2D eigenvalue weighted by Gasteiger charge is -2.31. The van der Waals surface area contributed by atoms with Gasteiger partial charge in [-0.3, -0.25) is 19.2 Å². The molecule has 1 aliphatic rings. The number of carbonyl (C=O) groups excluding carboxylic acids is 3. The summed E-state index contributed by atoms with van der Waals surface area (Å²) in [5.41, 5.74) is 7.90. The van der Waals surface area contributed by atoms with Crippen LogP contribution in [0, 0.1) is 11.3 Å². The van der Waals surface area contributed by atoms with Gasteiger partial charge in [-0.05, 0) is 23.1 Å². The van der Waals surface area contributed by atoms with E-state index in [0.29, 0.717) is 25.8 Å². The summed E-state index contributed by atoms with van der Waals surface area (Å²) in [7, 11) is 0. The zero-order chi connectivity index (χ0) is 22.5. The molecule has 0 radical (unpaired) electrons. The van der Waals surface area contributed by atoms with Gasteiger partial charge in [0.25, 0.3) is 11.5 Å². The zero-order valence-electron chi connectivity index (χ0n) is 16.8. The molecule has 0 unspecified atom stereocenters. The van der Waals surface area contributed by atoms with E-state index in [0.717, 1.165) is 22.9 Å². The Morgan fingerprint density at radius 2 is 2.16 bits per heavy atom. The van der Waals surface area contributed by atoms with Crippen molar-refractivity contribution in [3.05, 3.63) is 74.2 Å². The molecule has 0 fully saturated rings. The highest BCUT2D eigenvalue weighted by Crippen LogP contribution is 2.23. The van der Waals surface area contributed by atoms with Crippen molar-refractivity contribution in [1.82, 2.24) is 20.2 Å². The lowest BCUT2D eigenvalue weighted by Crippen LogP contribution is -2.34. The number of nitrogens with one attached hydrogen (secondary N) is 2. The Morgan fingerprint density at radius 1 is 1.39 bits per heavy atom. The summed E-state index contributed by atoms with van der Waals surface area (Å²) in [6.07, 6.45) is 2.32. The number of nitrogens with zero attached hydrogens (tertiary/aromatic N) is 3. The molecule has 1 amide bonds. The summed E-state index contributed by atoms with van der Waals surface area (Å²) in [5, 5.41) is 11.4. The topological polar surface area (TPSA) is 162 Å². The summed E-state index contributed by atoms with van der Waals surface area (Å²) in [6, 6.07) is 7.42. The van der Waals surface area contributed by atoms with Crippen LogP contribution in [0.4, 0.5) is 0 Å². The maximum atomic E-state index is 12.3. The average molecular weight is 420 g/mol. The number of carbonyl (C=O) groups is 3. The maximum Gasteiger partial charge on any atom is 0.287 e. The minimum Gasteiger partial charge on any atom is -0.394 e. The van der Waals surface area contributed by atoms with Crippen LogP contribution in [0.15, 0.2) is 40.6 Å². The van der Waals surface area contributed by atoms with Crippen molar-refractivity contribution in [1.29, 1.82) is 5.26 Å². The number of fused-ring (bicyclic) bond motifs is 1. The van der Waals surface area contributed by atoms with Crippen molar-refractivity contribution in [3.8, 4) is 6.07 Å². The lowest BCUT2D eigenvalue weighted by molar-refractivity contribution is -0.114. The van der Waals surface area contributed by atoms with Gasteiger partial charge in [0.05, 0.1) is 6.20 Å². The molecule has 1 aromatic carbocycles. The molecule has 2 aromatic rings. The van der Waals surface area contributed by atoms with Crippen molar-refractivity contribution in [2.75, 3.05) is 6.54 Å². The van der Waals surface area contributed by atoms with Crippen LogP contribution in [0.1, 0.15) is 39.8 Å². The monoisotopic (exact) mass is 420 g/mol. The summed E-state index contributed by atoms with van der Waals surface area (Å²) in [6.45, 7) is 2.46. The molecule has 1 aliphatic heterocycles. The summed E-state index contributed by atoms with van der Waals surface area (Å²) >= 11 is 0. The van der Waals surface area contributed by atoms with Crippen LogP contribution in [0.2, 0.25) is 0 Å². The molecule has 0 aliphatic carbocycles. The highest BCUT2D eigenvalue weighted by atomic mass is 16.2. The fourth-order valence-corrected chi connectivity index (χ4v) is 3.27. The number of ketones is 1. The Balaban J connectivity index is 1.73. The Bertz CT molecular complexity index is 1190. The van der Waals surface area contributed by atoms with E-state index in [9.17, 15) is 19.2 Å². The van der Waals surface area contributed by atoms with Gasteiger partial charge in [0.2, 0.25) is 0 Å². The molecular formula is C21H20N6O4. The van der Waals surface area contributed by atoms with Crippen LogP contribution in [-0.2, 0) is 29.1 Å². The summed E-state index contributed by atoms with van der Waals surface area (Å²) in [4.78, 5) is 54.8. The van der Waals surface area contributed by atoms with E-state index in [4.69, 9.17) is 11.0 Å². The number of Topliss-reactive ketones (excluding diaryl/α,β-unsaturated/α-hetero) is 1. The predicted octanol–water partition coefficient (Wildman–Crippen LogP) is -0.112. The van der Waals surface area contributed by atoms with E-state index in [2.05, 4.69) is 15.3 Å². The van der Waals surface area contributed by atoms with Gasteiger partial charge in [0.1, 0.15) is 23.0 Å². The third kappa shape index (κ3) is 4.67. The molecule has 158 valence electrons. The van der Waals surface area contributed by atoms with Gasteiger partial charge in [-0.25, -0.2) is 4.98 Å². The molecule has 2 heterocycles. The molecule has 0 spiro atoms. The molecule has 31 heavy (non-hydrogen) atoms. The summed E-state index contributed by atoms with van der Waals surface area (Å²) in [5.74, 6) is -1.13. The van der Waals surface area contributed by atoms with Gasteiger partial charge in [-0.15, -0.1) is 0 Å². The Kier molecular flexibility index (Phi) is 6.26. The quantitative estimate of drug-likeness (QED) is 0.430. The number of hydrogen-bond acceptors (Lipinski definition) is 8. The van der Waals surface area contributed by atoms with Crippen molar-refractivity contribution in [2.24, 2.45) is 5.73 Å². The van der Waals surface area contributed by atoms with Crippen LogP contribution in [0.3, 0.4) is 0 Å². The standard InChI is InChI=1S/C21H20N6O4/c1-12(29)18(23)17(11-28)27-5-4-14-3-2-13(6-15(14)10-27)8-25-21(31)19-24-9-16(7-22)20(30)26-19/h2-3,6,9,11H,4-5,8,10,23H2,1H3,(H,25,31)(H,24,26,30)/b18-17-. The van der Waals surface area contributed by atoms with Gasteiger partial charge < -0.3 is 20.9 Å². The molecular weight excluding hydrogens is 400 g/mol. The molecule has 10 heteroatoms. The molecule has 3 rings (SSSR count). The third-order valence-electron chi connectivity index (χ3n) is 4.98. The molecule has 0 bridgehead atoms. The van der Waals surface area contributed by atoms with E-state index < -0.39 is 11.5 Å². The van der Waals surface area contributed by atoms with E-state index >= 15 is 0 Å². The SMILES string of the molecule is CC(=O)/C(N)=C(\C=O)N1CCc2ccc(CNC(=O)c3ncc(C#N)c(=O)[nH]3)cc2C1. The van der Waals surface area contributed by atoms with Crippen molar-refractivity contribution < 1.29 is 14.4 Å². The average Bonchev–Trinajstić information content (AvgIpc) is 2.77. The largest absolute Gasteiger partial charge is 0.394 e. The fourth-order valence-electron chi connectivity index (χ4n) is 3.27. The smallest absolute Gasteiger partial charge is 0.287 e. The minimum absolute atomic E-state index is 0.0641. The second-order valence-electron chi connectivity index (χ2n) is 7.02. The van der Waals surface area contributed by atoms with E-state index in [1.54, 1.807) is 11.0 Å². The maximum absolute atomic E-state index is 12.3. The normalized spacial score (nSPS) is 13.5. The summed E-state index contributed by atoms with van der Waals surface area (Å²) < 4.78 is 0. The Morgan fingerprint density at radius 3 is 2.81 bits per heavy atom. The van der Waals surface area contributed by atoms with Gasteiger partial charge in [0.15, 0.2) is 17.9 Å². The number of nitrogens with two attached hydrogens (primary N) is 1. The first-order valence-electron chi connectivity index (χ1n) is 9.43. The number of aromatic amines is 1.